The monoisotopic (exact) mass is 614 g/mol. The van der Waals surface area contributed by atoms with Gasteiger partial charge in [0.15, 0.2) is 0 Å². The van der Waals surface area contributed by atoms with E-state index in [-0.39, 0.29) is 0 Å². The van der Waals surface area contributed by atoms with Gasteiger partial charge in [0, 0.05) is 27.4 Å². The van der Waals surface area contributed by atoms with Crippen LogP contribution in [0.5, 0.6) is 0 Å². The first-order valence-electron chi connectivity index (χ1n) is 16.2. The number of nitrogens with zero attached hydrogens (tertiary/aromatic N) is 6. The Morgan fingerprint density at radius 1 is 0.396 bits per heavy atom. The Balaban J connectivity index is 1.21. The highest BCUT2D eigenvalue weighted by Crippen LogP contribution is 2.36. The number of benzene rings is 6. The van der Waals surface area contributed by atoms with E-state index in [2.05, 4.69) is 164 Å². The summed E-state index contributed by atoms with van der Waals surface area (Å²) in [6.45, 7) is 0. The lowest BCUT2D eigenvalue weighted by Gasteiger charge is -2.10. The molecule has 0 bridgehead atoms. The second-order valence-electron chi connectivity index (χ2n) is 12.4. The van der Waals surface area contributed by atoms with Crippen molar-refractivity contribution in [2.24, 2.45) is 0 Å². The van der Waals surface area contributed by atoms with Crippen molar-refractivity contribution in [3.8, 4) is 22.9 Å². The maximum atomic E-state index is 5.26. The zero-order valence-electron chi connectivity index (χ0n) is 25.7. The quantitative estimate of drug-likeness (QED) is 0.199. The van der Waals surface area contributed by atoms with Crippen LogP contribution in [0, 0.1) is 0 Å². The predicted molar refractivity (Wildman–Crippen MR) is 196 cm³/mol. The molecule has 6 nitrogen and oxygen atoms in total. The molecule has 11 rings (SSSR count). The molecular formula is C42H26N6. The van der Waals surface area contributed by atoms with Crippen LogP contribution in [-0.4, -0.2) is 27.9 Å². The molecule has 6 aromatic carbocycles. The third-order valence-corrected chi connectivity index (χ3v) is 9.74. The first-order valence-corrected chi connectivity index (χ1v) is 16.2. The minimum atomic E-state index is 0.653. The Bertz CT molecular complexity index is 3060. The Morgan fingerprint density at radius 3 is 1.77 bits per heavy atom. The molecule has 0 fully saturated rings. The molecule has 5 heterocycles. The average Bonchev–Trinajstić information content (AvgIpc) is 3.87. The van der Waals surface area contributed by atoms with Crippen LogP contribution in [-0.2, 0) is 0 Å². The molecule has 0 N–H and O–H groups in total. The number of para-hydroxylation sites is 6. The molecule has 0 amide bonds. The molecule has 224 valence electrons. The molecule has 0 atom stereocenters. The van der Waals surface area contributed by atoms with Gasteiger partial charge in [-0.05, 0) is 60.7 Å². The summed E-state index contributed by atoms with van der Waals surface area (Å²) in [5.74, 6) is 0.653. The maximum Gasteiger partial charge on any atom is 0.237 e. The molecular weight excluding hydrogens is 589 g/mol. The third kappa shape index (κ3) is 3.40. The van der Waals surface area contributed by atoms with Crippen LogP contribution >= 0.6 is 0 Å². The Labute approximate surface area is 274 Å². The lowest BCUT2D eigenvalue weighted by Crippen LogP contribution is -2.03. The fourth-order valence-corrected chi connectivity index (χ4v) is 7.68. The fourth-order valence-electron chi connectivity index (χ4n) is 7.68. The summed E-state index contributed by atoms with van der Waals surface area (Å²) < 4.78 is 9.31. The first kappa shape index (κ1) is 25.5. The molecule has 0 saturated heterocycles. The molecule has 0 aliphatic rings. The van der Waals surface area contributed by atoms with Gasteiger partial charge < -0.3 is 0 Å². The molecule has 5 aromatic heterocycles. The summed E-state index contributed by atoms with van der Waals surface area (Å²) in [4.78, 5) is 10.4. The van der Waals surface area contributed by atoms with E-state index in [1.54, 1.807) is 0 Å². The van der Waals surface area contributed by atoms with Gasteiger partial charge in [0.2, 0.25) is 5.95 Å². The van der Waals surface area contributed by atoms with Crippen molar-refractivity contribution in [1.29, 1.82) is 0 Å². The molecule has 0 radical (unpaired) electrons. The van der Waals surface area contributed by atoms with Gasteiger partial charge >= 0.3 is 0 Å². The number of rotatable bonds is 3. The lowest BCUT2D eigenvalue weighted by atomic mass is 10.1. The van der Waals surface area contributed by atoms with Gasteiger partial charge in [-0.25, -0.2) is 9.97 Å². The van der Waals surface area contributed by atoms with Crippen molar-refractivity contribution in [3.05, 3.63) is 158 Å². The molecule has 6 heteroatoms. The minimum absolute atomic E-state index is 0.653. The summed E-state index contributed by atoms with van der Waals surface area (Å²) >= 11 is 0. The summed E-state index contributed by atoms with van der Waals surface area (Å²) in [5, 5.41) is 3.42. The van der Waals surface area contributed by atoms with Crippen LogP contribution in [0.15, 0.2) is 158 Å². The Morgan fingerprint density at radius 2 is 0.979 bits per heavy atom. The van der Waals surface area contributed by atoms with E-state index < -0.39 is 0 Å². The van der Waals surface area contributed by atoms with Crippen molar-refractivity contribution < 1.29 is 0 Å². The maximum absolute atomic E-state index is 5.26. The normalized spacial score (nSPS) is 12.2. The Kier molecular flexibility index (Phi) is 5.02. The second-order valence-corrected chi connectivity index (χ2v) is 12.4. The van der Waals surface area contributed by atoms with E-state index in [0.717, 1.165) is 61.1 Å². The van der Waals surface area contributed by atoms with Crippen molar-refractivity contribution in [3.63, 3.8) is 0 Å². The second kappa shape index (κ2) is 9.44. The standard InChI is InChI=1S/C42H26N6/c1-2-12-27(13-3-1)41-31-15-5-6-16-32(31)43-42(44-41)48-37-21-11-10-20-36(37)47-38-26-30(23-22-29(38)25-40(47)48)45-34-18-8-9-19-35(34)46-33-17-7-4-14-28(33)24-39(45)46/h1-26H. The van der Waals surface area contributed by atoms with E-state index in [1.165, 1.54) is 21.9 Å². The highest BCUT2D eigenvalue weighted by Gasteiger charge is 2.21. The van der Waals surface area contributed by atoms with Crippen LogP contribution < -0.4 is 0 Å². The van der Waals surface area contributed by atoms with E-state index in [0.29, 0.717) is 5.95 Å². The van der Waals surface area contributed by atoms with Gasteiger partial charge in [0.05, 0.1) is 44.3 Å². The molecule has 11 aromatic rings. The van der Waals surface area contributed by atoms with Crippen molar-refractivity contribution in [1.82, 2.24) is 27.9 Å². The average molecular weight is 615 g/mol. The van der Waals surface area contributed by atoms with Crippen LogP contribution in [0.1, 0.15) is 0 Å². The summed E-state index contributed by atoms with van der Waals surface area (Å²) in [5.41, 5.74) is 13.1. The number of hydrogen-bond acceptors (Lipinski definition) is 2. The van der Waals surface area contributed by atoms with Gasteiger partial charge in [-0.1, -0.05) is 97.1 Å². The third-order valence-electron chi connectivity index (χ3n) is 9.74. The Hall–Kier alpha value is -6.66. The molecule has 0 spiro atoms. The van der Waals surface area contributed by atoms with Crippen LogP contribution in [0.25, 0.3) is 89.0 Å². The number of fused-ring (bicyclic) bond motifs is 11. The van der Waals surface area contributed by atoms with E-state index in [9.17, 15) is 0 Å². The van der Waals surface area contributed by atoms with Crippen LogP contribution in [0.4, 0.5) is 0 Å². The van der Waals surface area contributed by atoms with Gasteiger partial charge in [0.1, 0.15) is 11.3 Å². The van der Waals surface area contributed by atoms with Gasteiger partial charge in [0.25, 0.3) is 0 Å². The van der Waals surface area contributed by atoms with E-state index >= 15 is 0 Å². The number of hydrogen-bond donors (Lipinski definition) is 0. The van der Waals surface area contributed by atoms with E-state index in [1.807, 2.05) is 12.1 Å². The minimum Gasteiger partial charge on any atom is -0.294 e. The van der Waals surface area contributed by atoms with Crippen molar-refractivity contribution in [2.75, 3.05) is 0 Å². The van der Waals surface area contributed by atoms with Gasteiger partial charge in [-0.15, -0.1) is 0 Å². The van der Waals surface area contributed by atoms with Crippen LogP contribution in [0.2, 0.25) is 0 Å². The highest BCUT2D eigenvalue weighted by atomic mass is 15.2. The molecule has 0 aliphatic carbocycles. The summed E-state index contributed by atoms with van der Waals surface area (Å²) in [7, 11) is 0. The molecule has 0 saturated carbocycles. The smallest absolute Gasteiger partial charge is 0.237 e. The summed E-state index contributed by atoms with van der Waals surface area (Å²) in [6, 6.07) is 55.8. The highest BCUT2D eigenvalue weighted by molar-refractivity contribution is 6.00. The SMILES string of the molecule is c1ccc(-c2nc(-n3c4ccccc4n4c5cc(-n6c7ccccc7n7c8ccccc8cc67)ccc5cc34)nc3ccccc23)cc1. The topological polar surface area (TPSA) is 44.5 Å². The summed E-state index contributed by atoms with van der Waals surface area (Å²) in [6.07, 6.45) is 0. The van der Waals surface area contributed by atoms with Crippen molar-refractivity contribution in [2.45, 2.75) is 0 Å². The lowest BCUT2D eigenvalue weighted by molar-refractivity contribution is 1.00. The molecule has 0 unspecified atom stereocenters. The number of imidazole rings is 2. The predicted octanol–water partition coefficient (Wildman–Crippen LogP) is 10.00. The van der Waals surface area contributed by atoms with Gasteiger partial charge in [-0.2, -0.15) is 0 Å². The van der Waals surface area contributed by atoms with Crippen molar-refractivity contribution >= 4 is 66.1 Å². The fraction of sp³-hybridized carbons (Fsp3) is 0. The van der Waals surface area contributed by atoms with Crippen LogP contribution in [0.3, 0.4) is 0 Å². The van der Waals surface area contributed by atoms with E-state index in [4.69, 9.17) is 9.97 Å². The first-order chi connectivity index (χ1) is 23.8. The zero-order valence-corrected chi connectivity index (χ0v) is 25.7. The number of aromatic nitrogens is 6. The zero-order chi connectivity index (χ0) is 31.3. The largest absolute Gasteiger partial charge is 0.294 e. The molecule has 48 heavy (non-hydrogen) atoms. The molecule has 0 aliphatic heterocycles. The van der Waals surface area contributed by atoms with Gasteiger partial charge in [-0.3, -0.25) is 17.9 Å².